The van der Waals surface area contributed by atoms with Crippen LogP contribution in [-0.4, -0.2) is 39.4 Å². The number of anilines is 1. The van der Waals surface area contributed by atoms with Crippen LogP contribution >= 0.6 is 0 Å². The fourth-order valence-electron chi connectivity index (χ4n) is 3.36. The highest BCUT2D eigenvalue weighted by Crippen LogP contribution is 2.27. The number of halogens is 1. The van der Waals surface area contributed by atoms with Crippen LogP contribution in [0.2, 0.25) is 0 Å². The van der Waals surface area contributed by atoms with Gasteiger partial charge in [-0.15, -0.1) is 4.28 Å². The van der Waals surface area contributed by atoms with E-state index in [-0.39, 0.29) is 17.7 Å². The van der Waals surface area contributed by atoms with E-state index in [2.05, 4.69) is 20.7 Å². The number of H-pyrrole nitrogens is 1. The van der Waals surface area contributed by atoms with Gasteiger partial charge >= 0.3 is 0 Å². The van der Waals surface area contributed by atoms with Crippen LogP contribution in [0.5, 0.6) is 0 Å². The molecule has 0 aliphatic heterocycles. The molecule has 0 atom stereocenters. The topological polar surface area (TPSA) is 115 Å². The molecule has 0 spiro atoms. The van der Waals surface area contributed by atoms with E-state index in [9.17, 15) is 12.8 Å². The Balaban J connectivity index is 1.72. The fraction of sp³-hybridized carbons (Fsp3) is 0.286. The summed E-state index contributed by atoms with van der Waals surface area (Å²) >= 11 is 0. The molecule has 0 fully saturated rings. The summed E-state index contributed by atoms with van der Waals surface area (Å²) in [6.07, 6.45) is 3.19. The van der Waals surface area contributed by atoms with E-state index in [0.717, 1.165) is 23.1 Å². The molecule has 168 valence electrons. The monoisotopic (exact) mass is 458 g/mol. The Morgan fingerprint density at radius 3 is 2.59 bits per heavy atom. The van der Waals surface area contributed by atoms with Gasteiger partial charge in [0, 0.05) is 24.2 Å². The molecule has 1 aromatic carbocycles. The lowest BCUT2D eigenvalue weighted by molar-refractivity contribution is 0.385. The number of aromatic nitrogens is 5. The molecule has 0 bridgehead atoms. The zero-order valence-corrected chi connectivity index (χ0v) is 18.6. The Morgan fingerprint density at radius 1 is 1.16 bits per heavy atom. The van der Waals surface area contributed by atoms with Crippen LogP contribution in [-0.2, 0) is 27.4 Å². The lowest BCUT2D eigenvalue weighted by atomic mass is 10.0. The molecule has 0 saturated carbocycles. The van der Waals surface area contributed by atoms with Crippen molar-refractivity contribution in [3.8, 4) is 11.3 Å². The molecule has 0 aliphatic carbocycles. The summed E-state index contributed by atoms with van der Waals surface area (Å²) < 4.78 is 42.5. The molecular formula is C21H23FN6O3S. The van der Waals surface area contributed by atoms with Crippen molar-refractivity contribution in [3.05, 3.63) is 59.7 Å². The van der Waals surface area contributed by atoms with Crippen LogP contribution in [0.4, 0.5) is 10.3 Å². The van der Waals surface area contributed by atoms with E-state index in [1.54, 1.807) is 22.9 Å². The molecule has 0 saturated heterocycles. The number of aromatic amines is 1. The summed E-state index contributed by atoms with van der Waals surface area (Å²) in [4.78, 5) is 9.22. The molecule has 0 radical (unpaired) electrons. The molecule has 4 aromatic rings. The number of benzene rings is 1. The minimum absolute atomic E-state index is 0.250. The molecular weight excluding hydrogens is 435 g/mol. The van der Waals surface area contributed by atoms with E-state index in [4.69, 9.17) is 9.27 Å². The van der Waals surface area contributed by atoms with Crippen LogP contribution in [0, 0.1) is 11.7 Å². The van der Waals surface area contributed by atoms with Crippen molar-refractivity contribution in [2.75, 3.05) is 11.7 Å². The lowest BCUT2D eigenvalue weighted by Gasteiger charge is -2.12. The number of nitrogens with zero attached hydrogens (tertiary/aromatic N) is 4. The van der Waals surface area contributed by atoms with Gasteiger partial charge in [-0.05, 0) is 35.7 Å². The standard InChI is InChI=1S/C21H23FN6O3S/c1-13(2)12-28-20-18(25-21(28)27-31-32(3,29)30)9-8-17(24-20)16-11-23-26-19(16)10-14-4-6-15(22)7-5-14/h4-9,11,13H,10,12H2,1-3H3,(H,23,26)(H,25,27). The van der Waals surface area contributed by atoms with Gasteiger partial charge in [0.2, 0.25) is 5.95 Å². The average Bonchev–Trinajstić information content (AvgIpc) is 3.31. The van der Waals surface area contributed by atoms with Crippen LogP contribution in [0.3, 0.4) is 0 Å². The van der Waals surface area contributed by atoms with Gasteiger partial charge in [0.1, 0.15) is 11.3 Å². The highest BCUT2D eigenvalue weighted by atomic mass is 32.2. The van der Waals surface area contributed by atoms with Crippen molar-refractivity contribution in [3.63, 3.8) is 0 Å². The first-order chi connectivity index (χ1) is 15.2. The predicted octanol–water partition coefficient (Wildman–Crippen LogP) is 3.51. The molecule has 0 unspecified atom stereocenters. The summed E-state index contributed by atoms with van der Waals surface area (Å²) in [5.41, 5.74) is 6.89. The van der Waals surface area contributed by atoms with Crippen molar-refractivity contribution in [2.45, 2.75) is 26.8 Å². The smallest absolute Gasteiger partial charge is 0.285 e. The molecule has 2 N–H and O–H groups in total. The molecule has 9 nitrogen and oxygen atoms in total. The lowest BCUT2D eigenvalue weighted by Crippen LogP contribution is -2.15. The molecule has 32 heavy (non-hydrogen) atoms. The van der Waals surface area contributed by atoms with Crippen molar-refractivity contribution in [2.24, 2.45) is 5.92 Å². The van der Waals surface area contributed by atoms with Gasteiger partial charge in [-0.3, -0.25) is 9.67 Å². The van der Waals surface area contributed by atoms with Gasteiger partial charge in [0.05, 0.1) is 18.1 Å². The van der Waals surface area contributed by atoms with E-state index >= 15 is 0 Å². The summed E-state index contributed by atoms with van der Waals surface area (Å²) in [6.45, 7) is 4.62. The summed E-state index contributed by atoms with van der Waals surface area (Å²) in [6, 6.07) is 9.95. The number of pyridine rings is 1. The maximum absolute atomic E-state index is 13.2. The van der Waals surface area contributed by atoms with Crippen LogP contribution in [0.1, 0.15) is 25.1 Å². The van der Waals surface area contributed by atoms with E-state index < -0.39 is 10.1 Å². The second-order valence-electron chi connectivity index (χ2n) is 7.93. The number of imidazole rings is 1. The molecule has 3 aromatic heterocycles. The number of hydrogen-bond acceptors (Lipinski definition) is 7. The van der Waals surface area contributed by atoms with Gasteiger partial charge in [0.15, 0.2) is 5.65 Å². The minimum Gasteiger partial charge on any atom is -0.293 e. The second kappa shape index (κ2) is 8.67. The third kappa shape index (κ3) is 4.94. The Morgan fingerprint density at radius 2 is 1.91 bits per heavy atom. The van der Waals surface area contributed by atoms with Gasteiger partial charge in [-0.25, -0.2) is 19.8 Å². The van der Waals surface area contributed by atoms with E-state index in [1.807, 2.05) is 26.0 Å². The maximum atomic E-state index is 13.2. The van der Waals surface area contributed by atoms with Gasteiger partial charge in [-0.2, -0.15) is 13.5 Å². The SMILES string of the molecule is CC(C)Cn1c(NOS(C)(=O)=O)nc2ccc(-c3cn[nH]c3Cc3ccc(F)cc3)nc21. The molecule has 0 aliphatic rings. The number of nitrogens with one attached hydrogen (secondary N) is 2. The van der Waals surface area contributed by atoms with Gasteiger partial charge in [0.25, 0.3) is 10.1 Å². The first kappa shape index (κ1) is 21.9. The Labute approximate surface area is 184 Å². The third-order valence-electron chi connectivity index (χ3n) is 4.71. The van der Waals surface area contributed by atoms with Crippen molar-refractivity contribution in [1.82, 2.24) is 24.7 Å². The highest BCUT2D eigenvalue weighted by Gasteiger charge is 2.17. The number of hydrogen-bond donors (Lipinski definition) is 2. The number of fused-ring (bicyclic) bond motifs is 1. The Bertz CT molecular complexity index is 1350. The Hall–Kier alpha value is -3.31. The summed E-state index contributed by atoms with van der Waals surface area (Å²) in [5.74, 6) is 0.218. The first-order valence-corrected chi connectivity index (χ1v) is 11.8. The molecule has 4 rings (SSSR count). The zero-order chi connectivity index (χ0) is 22.9. The molecule has 0 amide bonds. The third-order valence-corrected chi connectivity index (χ3v) is 5.10. The largest absolute Gasteiger partial charge is 0.293 e. The summed E-state index contributed by atoms with van der Waals surface area (Å²) in [7, 11) is -3.71. The quantitative estimate of drug-likeness (QED) is 0.388. The van der Waals surface area contributed by atoms with Crippen molar-refractivity contribution >= 4 is 27.2 Å². The predicted molar refractivity (Wildman–Crippen MR) is 119 cm³/mol. The second-order valence-corrected chi connectivity index (χ2v) is 9.51. The highest BCUT2D eigenvalue weighted by molar-refractivity contribution is 7.86. The van der Waals surface area contributed by atoms with E-state index in [1.165, 1.54) is 12.1 Å². The number of rotatable bonds is 8. The Kier molecular flexibility index (Phi) is 5.94. The average molecular weight is 459 g/mol. The van der Waals surface area contributed by atoms with Crippen molar-refractivity contribution < 1.29 is 17.1 Å². The first-order valence-electron chi connectivity index (χ1n) is 9.98. The minimum atomic E-state index is -3.71. The molecule has 3 heterocycles. The van der Waals surface area contributed by atoms with Crippen molar-refractivity contribution in [1.29, 1.82) is 0 Å². The van der Waals surface area contributed by atoms with Gasteiger partial charge in [-0.1, -0.05) is 26.0 Å². The van der Waals surface area contributed by atoms with Gasteiger partial charge < -0.3 is 0 Å². The van der Waals surface area contributed by atoms with E-state index in [0.29, 0.717) is 29.8 Å². The normalized spacial score (nSPS) is 12.0. The zero-order valence-electron chi connectivity index (χ0n) is 17.8. The van der Waals surface area contributed by atoms with Crippen LogP contribution < -0.4 is 5.48 Å². The fourth-order valence-corrected chi connectivity index (χ4v) is 3.58. The maximum Gasteiger partial charge on any atom is 0.285 e. The van der Waals surface area contributed by atoms with Crippen LogP contribution in [0.15, 0.2) is 42.6 Å². The molecule has 11 heteroatoms. The van der Waals surface area contributed by atoms with Crippen LogP contribution in [0.25, 0.3) is 22.4 Å². The summed E-state index contributed by atoms with van der Waals surface area (Å²) in [5, 5.41) is 7.16.